The summed E-state index contributed by atoms with van der Waals surface area (Å²) in [6.07, 6.45) is 0. The van der Waals surface area contributed by atoms with E-state index in [0.717, 1.165) is 11.8 Å². The minimum Gasteiger partial charge on any atom is -0.449 e. The van der Waals surface area contributed by atoms with Gasteiger partial charge < -0.3 is 19.5 Å². The molecule has 1 aromatic heterocycles. The van der Waals surface area contributed by atoms with E-state index in [2.05, 4.69) is 10.2 Å². The van der Waals surface area contributed by atoms with Gasteiger partial charge in [0.25, 0.3) is 11.8 Å². The van der Waals surface area contributed by atoms with Gasteiger partial charge in [-0.3, -0.25) is 9.59 Å². The van der Waals surface area contributed by atoms with Crippen LogP contribution in [-0.2, 0) is 0 Å². The fraction of sp³-hybridized carbons (Fsp3) is 0.154. The quantitative estimate of drug-likeness (QED) is 0.468. The number of nitrogens with one attached hydrogen (secondary N) is 1. The highest BCUT2D eigenvalue weighted by Gasteiger charge is 2.29. The second-order valence-electron chi connectivity index (χ2n) is 8.02. The van der Waals surface area contributed by atoms with Gasteiger partial charge in [-0.25, -0.2) is 8.78 Å². The molecule has 2 heterocycles. The zero-order chi connectivity index (χ0) is 23.7. The molecule has 0 atom stereocenters. The van der Waals surface area contributed by atoms with Gasteiger partial charge in [-0.05, 0) is 54.6 Å². The van der Waals surface area contributed by atoms with Crippen molar-refractivity contribution in [3.63, 3.8) is 0 Å². The maximum Gasteiger partial charge on any atom is 0.291 e. The Bertz CT molecular complexity index is 1360. The van der Waals surface area contributed by atoms with Crippen molar-refractivity contribution in [1.82, 2.24) is 4.90 Å². The molecular formula is C26H21F2N3O3. The lowest BCUT2D eigenvalue weighted by Crippen LogP contribution is -2.48. The maximum absolute atomic E-state index is 13.6. The molecule has 0 saturated carbocycles. The summed E-state index contributed by atoms with van der Waals surface area (Å²) in [5, 5.41) is 3.33. The van der Waals surface area contributed by atoms with Crippen LogP contribution in [0.3, 0.4) is 0 Å². The zero-order valence-corrected chi connectivity index (χ0v) is 18.1. The van der Waals surface area contributed by atoms with Gasteiger partial charge in [0.1, 0.15) is 22.9 Å². The first-order valence-electron chi connectivity index (χ1n) is 10.9. The van der Waals surface area contributed by atoms with Gasteiger partial charge in [0, 0.05) is 42.8 Å². The van der Waals surface area contributed by atoms with E-state index in [-0.39, 0.29) is 28.7 Å². The predicted molar refractivity (Wildman–Crippen MR) is 125 cm³/mol. The summed E-state index contributed by atoms with van der Waals surface area (Å²) in [6, 6.07) is 18.6. The van der Waals surface area contributed by atoms with Crippen LogP contribution in [0.4, 0.5) is 20.2 Å². The number of benzene rings is 3. The van der Waals surface area contributed by atoms with Gasteiger partial charge in [-0.2, -0.15) is 0 Å². The number of nitrogens with zero attached hydrogens (tertiary/aromatic N) is 2. The maximum atomic E-state index is 13.6. The molecule has 1 saturated heterocycles. The summed E-state index contributed by atoms with van der Waals surface area (Å²) < 4.78 is 32.7. The summed E-state index contributed by atoms with van der Waals surface area (Å²) >= 11 is 0. The summed E-state index contributed by atoms with van der Waals surface area (Å²) in [6.45, 7) is 2.01. The van der Waals surface area contributed by atoms with Crippen LogP contribution in [0.2, 0.25) is 0 Å². The van der Waals surface area contributed by atoms with Crippen LogP contribution in [0, 0.1) is 11.6 Å². The van der Waals surface area contributed by atoms with Crippen molar-refractivity contribution in [2.24, 2.45) is 0 Å². The van der Waals surface area contributed by atoms with Crippen molar-refractivity contribution in [3.05, 3.63) is 95.8 Å². The molecule has 3 aromatic carbocycles. The topological polar surface area (TPSA) is 65.8 Å². The van der Waals surface area contributed by atoms with Crippen LogP contribution in [0.1, 0.15) is 20.9 Å². The SMILES string of the molecule is O=C(Nc1c(C(=O)N2CCN(c3ccc(F)cc3)CC2)oc2ccccc12)c1cccc(F)c1. The Morgan fingerprint density at radius 2 is 1.56 bits per heavy atom. The molecule has 0 radical (unpaired) electrons. The Hall–Kier alpha value is -4.20. The van der Waals surface area contributed by atoms with Gasteiger partial charge in [0.15, 0.2) is 0 Å². The molecular weight excluding hydrogens is 440 g/mol. The van der Waals surface area contributed by atoms with E-state index in [1.165, 1.54) is 30.3 Å². The predicted octanol–water partition coefficient (Wildman–Crippen LogP) is 4.93. The van der Waals surface area contributed by atoms with E-state index in [9.17, 15) is 18.4 Å². The van der Waals surface area contributed by atoms with Crippen molar-refractivity contribution < 1.29 is 22.8 Å². The van der Waals surface area contributed by atoms with Crippen molar-refractivity contribution in [2.45, 2.75) is 0 Å². The molecule has 0 aliphatic carbocycles. The van der Waals surface area contributed by atoms with Gasteiger partial charge in [-0.15, -0.1) is 0 Å². The van der Waals surface area contributed by atoms with E-state index in [1.54, 1.807) is 41.3 Å². The number of para-hydroxylation sites is 1. The highest BCUT2D eigenvalue weighted by Crippen LogP contribution is 2.32. The van der Waals surface area contributed by atoms with E-state index in [4.69, 9.17) is 4.42 Å². The Morgan fingerprint density at radius 3 is 2.29 bits per heavy atom. The number of halogens is 2. The second kappa shape index (κ2) is 8.97. The fourth-order valence-electron chi connectivity index (χ4n) is 4.10. The normalized spacial score (nSPS) is 13.8. The number of carbonyl (C=O) groups is 2. The largest absolute Gasteiger partial charge is 0.449 e. The highest BCUT2D eigenvalue weighted by atomic mass is 19.1. The summed E-state index contributed by atoms with van der Waals surface area (Å²) in [5.74, 6) is -1.68. The number of hydrogen-bond donors (Lipinski definition) is 1. The van der Waals surface area contributed by atoms with Crippen molar-refractivity contribution in [2.75, 3.05) is 36.4 Å². The lowest BCUT2D eigenvalue weighted by molar-refractivity contribution is 0.0718. The van der Waals surface area contributed by atoms with Crippen LogP contribution < -0.4 is 10.2 Å². The van der Waals surface area contributed by atoms with E-state index in [0.29, 0.717) is 37.1 Å². The number of piperazine rings is 1. The van der Waals surface area contributed by atoms with Crippen LogP contribution >= 0.6 is 0 Å². The molecule has 8 heteroatoms. The number of fused-ring (bicyclic) bond motifs is 1. The van der Waals surface area contributed by atoms with Gasteiger partial charge in [0.05, 0.1) is 0 Å². The molecule has 34 heavy (non-hydrogen) atoms. The summed E-state index contributed by atoms with van der Waals surface area (Å²) in [4.78, 5) is 29.9. The third kappa shape index (κ3) is 4.22. The van der Waals surface area contributed by atoms with Crippen molar-refractivity contribution in [3.8, 4) is 0 Å². The molecule has 2 amide bonds. The Morgan fingerprint density at radius 1 is 0.824 bits per heavy atom. The number of carbonyl (C=O) groups excluding carboxylic acids is 2. The van der Waals surface area contributed by atoms with Crippen LogP contribution in [0.15, 0.2) is 77.2 Å². The smallest absolute Gasteiger partial charge is 0.291 e. The lowest BCUT2D eigenvalue weighted by atomic mass is 10.1. The standard InChI is InChI=1S/C26H21F2N3O3/c27-18-8-10-20(11-9-18)30-12-14-31(15-13-30)26(33)24-23(21-6-1-2-7-22(21)34-24)29-25(32)17-4-3-5-19(28)16-17/h1-11,16H,12-15H2,(H,29,32). The first kappa shape index (κ1) is 21.6. The van der Waals surface area contributed by atoms with Gasteiger partial charge in [0.2, 0.25) is 5.76 Å². The molecule has 0 unspecified atom stereocenters. The molecule has 5 rings (SSSR count). The Labute approximate surface area is 194 Å². The molecule has 4 aromatic rings. The van der Waals surface area contributed by atoms with Gasteiger partial charge >= 0.3 is 0 Å². The van der Waals surface area contributed by atoms with Crippen LogP contribution in [0.25, 0.3) is 11.0 Å². The highest BCUT2D eigenvalue weighted by molar-refractivity contribution is 6.14. The zero-order valence-electron chi connectivity index (χ0n) is 18.1. The number of amides is 2. The Kier molecular flexibility index (Phi) is 5.71. The minimum absolute atomic E-state index is 0.0289. The molecule has 1 aliphatic rings. The fourth-order valence-corrected chi connectivity index (χ4v) is 4.10. The van der Waals surface area contributed by atoms with Crippen LogP contribution in [-0.4, -0.2) is 42.9 Å². The van der Waals surface area contributed by atoms with Crippen molar-refractivity contribution in [1.29, 1.82) is 0 Å². The Balaban J connectivity index is 1.38. The molecule has 1 N–H and O–H groups in total. The number of furan rings is 1. The summed E-state index contributed by atoms with van der Waals surface area (Å²) in [7, 11) is 0. The number of anilines is 2. The lowest BCUT2D eigenvalue weighted by Gasteiger charge is -2.35. The average Bonchev–Trinajstić information content (AvgIpc) is 3.22. The average molecular weight is 461 g/mol. The number of rotatable bonds is 4. The molecule has 1 fully saturated rings. The van der Waals surface area contributed by atoms with E-state index in [1.807, 2.05) is 0 Å². The summed E-state index contributed by atoms with van der Waals surface area (Å²) in [5.41, 5.74) is 1.75. The molecule has 0 spiro atoms. The minimum atomic E-state index is -0.541. The van der Waals surface area contributed by atoms with Crippen molar-refractivity contribution >= 4 is 34.2 Å². The molecule has 1 aliphatic heterocycles. The van der Waals surface area contributed by atoms with E-state index < -0.39 is 11.7 Å². The first-order chi connectivity index (χ1) is 16.5. The second-order valence-corrected chi connectivity index (χ2v) is 8.02. The molecule has 172 valence electrons. The van der Waals surface area contributed by atoms with Gasteiger partial charge in [-0.1, -0.05) is 18.2 Å². The monoisotopic (exact) mass is 461 g/mol. The third-order valence-electron chi connectivity index (χ3n) is 5.87. The molecule has 0 bridgehead atoms. The van der Waals surface area contributed by atoms with Crippen LogP contribution in [0.5, 0.6) is 0 Å². The third-order valence-corrected chi connectivity index (χ3v) is 5.87. The number of hydrogen-bond acceptors (Lipinski definition) is 4. The first-order valence-corrected chi connectivity index (χ1v) is 10.9. The molecule has 6 nitrogen and oxygen atoms in total. The van der Waals surface area contributed by atoms with E-state index >= 15 is 0 Å².